The number of benzene rings is 2. The first-order chi connectivity index (χ1) is 14.4. The fourth-order valence-corrected chi connectivity index (χ4v) is 4.01. The van der Waals surface area contributed by atoms with E-state index in [0.717, 1.165) is 0 Å². The summed E-state index contributed by atoms with van der Waals surface area (Å²) in [7, 11) is 3.10. The Morgan fingerprint density at radius 2 is 1.77 bits per heavy atom. The van der Waals surface area contributed by atoms with Gasteiger partial charge in [0, 0.05) is 48.1 Å². The summed E-state index contributed by atoms with van der Waals surface area (Å²) in [6, 6.07) is 12.2. The van der Waals surface area contributed by atoms with Crippen molar-refractivity contribution in [3.63, 3.8) is 0 Å². The predicted octanol–water partition coefficient (Wildman–Crippen LogP) is 2.91. The topological polar surface area (TPSA) is 80.2 Å². The zero-order chi connectivity index (χ0) is 21.3. The van der Waals surface area contributed by atoms with E-state index >= 15 is 0 Å². The van der Waals surface area contributed by atoms with Crippen LogP contribution in [0.25, 0.3) is 0 Å². The highest BCUT2D eigenvalue weighted by Gasteiger charge is 2.43. The van der Waals surface area contributed by atoms with Crippen LogP contribution in [0.5, 0.6) is 11.5 Å². The average Bonchev–Trinajstić information content (AvgIpc) is 3.09. The van der Waals surface area contributed by atoms with Crippen LogP contribution in [0, 0.1) is 0 Å². The number of methoxy groups -OCH3 is 2. The lowest BCUT2D eigenvalue weighted by molar-refractivity contribution is -0.115. The highest BCUT2D eigenvalue weighted by Crippen LogP contribution is 2.31. The van der Waals surface area contributed by atoms with Crippen molar-refractivity contribution in [1.82, 2.24) is 10.2 Å². The van der Waals surface area contributed by atoms with Crippen LogP contribution in [0.3, 0.4) is 0 Å². The van der Waals surface area contributed by atoms with Gasteiger partial charge < -0.3 is 19.7 Å². The van der Waals surface area contributed by atoms with Crippen molar-refractivity contribution in [2.45, 2.75) is 18.5 Å². The van der Waals surface area contributed by atoms with Crippen LogP contribution in [-0.4, -0.2) is 55.4 Å². The van der Waals surface area contributed by atoms with Gasteiger partial charge in [-0.25, -0.2) is 0 Å². The van der Waals surface area contributed by atoms with Crippen LogP contribution in [-0.2, 0) is 4.79 Å². The molecule has 2 heterocycles. The fourth-order valence-electron chi connectivity index (χ4n) is 3.82. The fraction of sp³-hybridized carbons (Fsp3) is 0.318. The van der Waals surface area contributed by atoms with Crippen molar-refractivity contribution in [3.8, 4) is 11.5 Å². The Morgan fingerprint density at radius 3 is 2.37 bits per heavy atom. The molecule has 2 aliphatic rings. The van der Waals surface area contributed by atoms with Crippen LogP contribution in [0.15, 0.2) is 47.5 Å². The van der Waals surface area contributed by atoms with E-state index in [0.29, 0.717) is 59.3 Å². The summed E-state index contributed by atoms with van der Waals surface area (Å²) in [6.45, 7) is 0.954. The van der Waals surface area contributed by atoms with E-state index in [1.807, 2.05) is 6.07 Å². The van der Waals surface area contributed by atoms with Crippen molar-refractivity contribution < 1.29 is 19.1 Å². The van der Waals surface area contributed by atoms with Crippen LogP contribution in [0.4, 0.5) is 0 Å². The molecule has 0 saturated carbocycles. The van der Waals surface area contributed by atoms with Gasteiger partial charge in [-0.1, -0.05) is 23.7 Å². The molecule has 2 aromatic rings. The Hall–Kier alpha value is -3.06. The van der Waals surface area contributed by atoms with Gasteiger partial charge in [-0.2, -0.15) is 0 Å². The molecule has 0 bridgehead atoms. The first-order valence-electron chi connectivity index (χ1n) is 9.64. The van der Waals surface area contributed by atoms with E-state index < -0.39 is 5.66 Å². The normalized spacial score (nSPS) is 17.5. The van der Waals surface area contributed by atoms with E-state index in [1.165, 1.54) is 0 Å². The molecule has 30 heavy (non-hydrogen) atoms. The first-order valence-corrected chi connectivity index (χ1v) is 10.0. The third-order valence-electron chi connectivity index (χ3n) is 5.46. The molecular formula is C22H22ClN3O4. The van der Waals surface area contributed by atoms with Crippen molar-refractivity contribution in [1.29, 1.82) is 0 Å². The second-order valence-electron chi connectivity index (χ2n) is 7.35. The van der Waals surface area contributed by atoms with Gasteiger partial charge in [-0.15, -0.1) is 0 Å². The molecule has 4 rings (SSSR count). The van der Waals surface area contributed by atoms with E-state index in [1.54, 1.807) is 55.5 Å². The zero-order valence-corrected chi connectivity index (χ0v) is 17.5. The molecule has 0 aromatic heterocycles. The minimum Gasteiger partial charge on any atom is -0.497 e. The molecule has 2 amide bonds. The molecule has 156 valence electrons. The van der Waals surface area contributed by atoms with Crippen LogP contribution >= 0.6 is 11.6 Å². The number of carbonyl (C=O) groups is 2. The van der Waals surface area contributed by atoms with E-state index in [9.17, 15) is 9.59 Å². The number of nitrogens with zero attached hydrogens (tertiary/aromatic N) is 2. The summed E-state index contributed by atoms with van der Waals surface area (Å²) in [4.78, 5) is 32.0. The third kappa shape index (κ3) is 3.85. The minimum atomic E-state index is -0.683. The van der Waals surface area contributed by atoms with Crippen molar-refractivity contribution in [2.75, 3.05) is 27.3 Å². The van der Waals surface area contributed by atoms with Crippen molar-refractivity contribution >= 4 is 29.1 Å². The van der Waals surface area contributed by atoms with Crippen molar-refractivity contribution in [3.05, 3.63) is 58.6 Å². The molecule has 7 nitrogen and oxygen atoms in total. The summed E-state index contributed by atoms with van der Waals surface area (Å²) < 4.78 is 10.5. The van der Waals surface area contributed by atoms with Gasteiger partial charge in [0.1, 0.15) is 22.9 Å². The standard InChI is InChI=1S/C22H22ClN3O4/c1-29-17-11-15(12-18(13-17)30-2)21(28)26-8-6-22(7-9-26)24-19(20(27)25-22)14-4-3-5-16(23)10-14/h3-5,10-13H,6-9H2,1-2H3,(H,25,27). The molecule has 0 unspecified atom stereocenters. The number of aliphatic imine (C=N–C) groups is 1. The SMILES string of the molecule is COc1cc(OC)cc(C(=O)N2CCC3(CC2)N=C(c2cccc(Cl)c2)C(=O)N3)c1. The quantitative estimate of drug-likeness (QED) is 0.813. The molecule has 0 aliphatic carbocycles. The largest absolute Gasteiger partial charge is 0.497 e. The number of nitrogens with one attached hydrogen (secondary N) is 1. The van der Waals surface area contributed by atoms with Crippen LogP contribution in [0.2, 0.25) is 5.02 Å². The lowest BCUT2D eigenvalue weighted by Crippen LogP contribution is -2.52. The van der Waals surface area contributed by atoms with Gasteiger partial charge in [0.2, 0.25) is 0 Å². The van der Waals surface area contributed by atoms with Crippen LogP contribution in [0.1, 0.15) is 28.8 Å². The summed E-state index contributed by atoms with van der Waals surface area (Å²) in [5.41, 5.74) is 0.895. The highest BCUT2D eigenvalue weighted by molar-refractivity contribution is 6.47. The van der Waals surface area contributed by atoms with Crippen LogP contribution < -0.4 is 14.8 Å². The number of ether oxygens (including phenoxy) is 2. The molecule has 1 saturated heterocycles. The number of likely N-dealkylation sites (tertiary alicyclic amines) is 1. The molecule has 1 fully saturated rings. The highest BCUT2D eigenvalue weighted by atomic mass is 35.5. The number of hydrogen-bond donors (Lipinski definition) is 1. The van der Waals surface area contributed by atoms with Gasteiger partial charge >= 0.3 is 0 Å². The van der Waals surface area contributed by atoms with E-state index in [2.05, 4.69) is 5.32 Å². The molecule has 1 N–H and O–H groups in total. The molecule has 2 aromatic carbocycles. The maximum Gasteiger partial charge on any atom is 0.272 e. The maximum absolute atomic E-state index is 13.0. The van der Waals surface area contributed by atoms with Gasteiger partial charge in [0.05, 0.1) is 14.2 Å². The number of rotatable bonds is 4. The summed E-state index contributed by atoms with van der Waals surface area (Å²) in [6.07, 6.45) is 1.07. The monoisotopic (exact) mass is 427 g/mol. The average molecular weight is 428 g/mol. The number of halogens is 1. The van der Waals surface area contributed by atoms with Gasteiger partial charge in [0.15, 0.2) is 0 Å². The van der Waals surface area contributed by atoms with Crippen molar-refractivity contribution in [2.24, 2.45) is 4.99 Å². The maximum atomic E-state index is 13.0. The Morgan fingerprint density at radius 1 is 1.10 bits per heavy atom. The molecule has 1 spiro atoms. The second kappa shape index (κ2) is 7.99. The molecule has 8 heteroatoms. The number of amides is 2. The van der Waals surface area contributed by atoms with Gasteiger partial charge in [-0.05, 0) is 24.3 Å². The molecule has 2 aliphatic heterocycles. The smallest absolute Gasteiger partial charge is 0.272 e. The minimum absolute atomic E-state index is 0.106. The molecule has 0 atom stereocenters. The number of carbonyl (C=O) groups excluding carboxylic acids is 2. The zero-order valence-electron chi connectivity index (χ0n) is 16.8. The van der Waals surface area contributed by atoms with E-state index in [4.69, 9.17) is 26.1 Å². The Balaban J connectivity index is 1.50. The molecule has 0 radical (unpaired) electrons. The number of piperidine rings is 1. The Labute approximate surface area is 179 Å². The summed E-state index contributed by atoms with van der Waals surface area (Å²) in [5.74, 6) is 0.801. The lowest BCUT2D eigenvalue weighted by Gasteiger charge is -2.37. The molecular weight excluding hydrogens is 406 g/mol. The van der Waals surface area contributed by atoms with Gasteiger partial charge in [0.25, 0.3) is 11.8 Å². The summed E-state index contributed by atoms with van der Waals surface area (Å²) in [5, 5.41) is 3.56. The third-order valence-corrected chi connectivity index (χ3v) is 5.70. The van der Waals surface area contributed by atoms with E-state index in [-0.39, 0.29) is 11.8 Å². The first kappa shape index (κ1) is 20.2. The lowest BCUT2D eigenvalue weighted by atomic mass is 9.97. The Kier molecular flexibility index (Phi) is 5.39. The number of hydrogen-bond acceptors (Lipinski definition) is 5. The Bertz CT molecular complexity index is 1010. The van der Waals surface area contributed by atoms with Gasteiger partial charge in [-0.3, -0.25) is 14.6 Å². The second-order valence-corrected chi connectivity index (χ2v) is 7.79. The summed E-state index contributed by atoms with van der Waals surface area (Å²) >= 11 is 6.05. The predicted molar refractivity (Wildman–Crippen MR) is 114 cm³/mol.